The molecule has 3 rings (SSSR count). The molecule has 1 amide bonds. The van der Waals surface area contributed by atoms with Gasteiger partial charge in [-0.1, -0.05) is 12.1 Å². The molecule has 0 unspecified atom stereocenters. The van der Waals surface area contributed by atoms with Crippen molar-refractivity contribution in [3.8, 4) is 0 Å². The second kappa shape index (κ2) is 9.48. The zero-order valence-corrected chi connectivity index (χ0v) is 15.5. The molecule has 8 heteroatoms. The van der Waals surface area contributed by atoms with Gasteiger partial charge in [0.1, 0.15) is 12.1 Å². The highest BCUT2D eigenvalue weighted by atomic mass is 19.1. The summed E-state index contributed by atoms with van der Waals surface area (Å²) in [6.07, 6.45) is 2.13. The topological polar surface area (TPSA) is 70.8 Å². The molecule has 1 saturated heterocycles. The van der Waals surface area contributed by atoms with Gasteiger partial charge < -0.3 is 19.4 Å². The van der Waals surface area contributed by atoms with Gasteiger partial charge in [0.05, 0.1) is 12.2 Å². The number of piperazine rings is 1. The highest BCUT2D eigenvalue weighted by Crippen LogP contribution is 2.20. The number of amides is 1. The molecule has 1 aliphatic rings. The van der Waals surface area contributed by atoms with Crippen LogP contribution in [0.3, 0.4) is 0 Å². The molecule has 2 heterocycles. The number of benzene rings is 1. The quantitative estimate of drug-likeness (QED) is 0.710. The summed E-state index contributed by atoms with van der Waals surface area (Å²) in [5.41, 5.74) is 0.924. The largest absolute Gasteiger partial charge is 0.447 e. The van der Waals surface area contributed by atoms with E-state index in [1.807, 2.05) is 11.0 Å². The number of hydrogen-bond acceptors (Lipinski definition) is 6. The van der Waals surface area contributed by atoms with Crippen molar-refractivity contribution in [3.05, 3.63) is 47.9 Å². The maximum atomic E-state index is 13.9. The van der Waals surface area contributed by atoms with Gasteiger partial charge in [-0.15, -0.1) is 0 Å². The molecule has 0 spiro atoms. The zero-order valence-electron chi connectivity index (χ0n) is 15.5. The van der Waals surface area contributed by atoms with Crippen molar-refractivity contribution in [1.29, 1.82) is 0 Å². The number of nitrogens with one attached hydrogen (secondary N) is 1. The average Bonchev–Trinajstić information content (AvgIpc) is 3.15. The fourth-order valence-electron chi connectivity index (χ4n) is 3.04. The fourth-order valence-corrected chi connectivity index (χ4v) is 3.04. The molecule has 1 aliphatic heterocycles. The Morgan fingerprint density at radius 2 is 2.07 bits per heavy atom. The van der Waals surface area contributed by atoms with Crippen LogP contribution < -0.4 is 10.2 Å². The Balaban J connectivity index is 1.46. The van der Waals surface area contributed by atoms with Crippen LogP contribution in [0.5, 0.6) is 0 Å². The van der Waals surface area contributed by atoms with Crippen LogP contribution >= 0.6 is 0 Å². The number of ether oxygens (including phenoxy) is 1. The van der Waals surface area contributed by atoms with E-state index in [-0.39, 0.29) is 17.4 Å². The number of halogens is 1. The van der Waals surface area contributed by atoms with Crippen LogP contribution in [0.25, 0.3) is 0 Å². The van der Waals surface area contributed by atoms with E-state index < -0.39 is 0 Å². The van der Waals surface area contributed by atoms with Crippen molar-refractivity contribution in [2.45, 2.75) is 13.0 Å². The highest BCUT2D eigenvalue weighted by molar-refractivity contribution is 5.91. The Morgan fingerprint density at radius 3 is 2.81 bits per heavy atom. The third-order valence-electron chi connectivity index (χ3n) is 4.52. The number of aromatic nitrogens is 1. The summed E-state index contributed by atoms with van der Waals surface area (Å²) in [5.74, 6) is 0.0710. The zero-order chi connectivity index (χ0) is 19.1. The standard InChI is InChI=1S/C19H25FN4O3/c1-26-12-4-7-21-19(25)16-14-27-18(22-16)13-23-8-10-24(11-9-23)17-6-3-2-5-15(17)20/h2-3,5-6,14H,4,7-13H2,1H3,(H,21,25). The third-order valence-corrected chi connectivity index (χ3v) is 4.52. The Bertz CT molecular complexity index is 744. The molecule has 0 saturated carbocycles. The van der Waals surface area contributed by atoms with Gasteiger partial charge >= 0.3 is 0 Å². The van der Waals surface area contributed by atoms with Crippen LogP contribution in [0.15, 0.2) is 34.9 Å². The molecular formula is C19H25FN4O3. The SMILES string of the molecule is COCCCNC(=O)c1coc(CN2CCN(c3ccccc3F)CC2)n1. The monoisotopic (exact) mass is 376 g/mol. The van der Waals surface area contributed by atoms with Crippen LogP contribution in [0.1, 0.15) is 22.8 Å². The molecule has 1 fully saturated rings. The van der Waals surface area contributed by atoms with Crippen molar-refractivity contribution in [2.24, 2.45) is 0 Å². The molecule has 1 aromatic heterocycles. The summed E-state index contributed by atoms with van der Waals surface area (Å²) in [7, 11) is 1.63. The summed E-state index contributed by atoms with van der Waals surface area (Å²) >= 11 is 0. The van der Waals surface area contributed by atoms with E-state index in [0.717, 1.165) is 32.6 Å². The second-order valence-corrected chi connectivity index (χ2v) is 6.44. The van der Waals surface area contributed by atoms with Gasteiger partial charge in [-0.3, -0.25) is 9.69 Å². The number of nitrogens with zero attached hydrogens (tertiary/aromatic N) is 3. The van der Waals surface area contributed by atoms with E-state index >= 15 is 0 Å². The molecule has 1 N–H and O–H groups in total. The number of para-hydroxylation sites is 1. The van der Waals surface area contributed by atoms with Crippen LogP contribution in [-0.4, -0.2) is 62.2 Å². The van der Waals surface area contributed by atoms with Crippen LogP contribution in [0.4, 0.5) is 10.1 Å². The van der Waals surface area contributed by atoms with Gasteiger partial charge in [0.2, 0.25) is 5.89 Å². The first kappa shape index (κ1) is 19.3. The smallest absolute Gasteiger partial charge is 0.273 e. The lowest BCUT2D eigenvalue weighted by molar-refractivity contribution is 0.0943. The lowest BCUT2D eigenvalue weighted by atomic mass is 10.2. The third kappa shape index (κ3) is 5.27. The molecule has 27 heavy (non-hydrogen) atoms. The number of hydrogen-bond donors (Lipinski definition) is 1. The van der Waals surface area contributed by atoms with Crippen molar-refractivity contribution in [2.75, 3.05) is 51.3 Å². The van der Waals surface area contributed by atoms with E-state index in [1.165, 1.54) is 12.3 Å². The first-order chi connectivity index (χ1) is 13.2. The summed E-state index contributed by atoms with van der Waals surface area (Å²) < 4.78 is 24.3. The van der Waals surface area contributed by atoms with E-state index in [2.05, 4.69) is 15.2 Å². The second-order valence-electron chi connectivity index (χ2n) is 6.44. The van der Waals surface area contributed by atoms with E-state index in [0.29, 0.717) is 31.3 Å². The van der Waals surface area contributed by atoms with Gasteiger partial charge in [-0.05, 0) is 18.6 Å². The van der Waals surface area contributed by atoms with Crippen molar-refractivity contribution in [1.82, 2.24) is 15.2 Å². The number of carbonyl (C=O) groups excluding carboxylic acids is 1. The van der Waals surface area contributed by atoms with Gasteiger partial charge in [-0.2, -0.15) is 0 Å². The summed E-state index contributed by atoms with van der Waals surface area (Å²) in [6, 6.07) is 6.83. The Kier molecular flexibility index (Phi) is 6.78. The van der Waals surface area contributed by atoms with E-state index in [9.17, 15) is 9.18 Å². The lowest BCUT2D eigenvalue weighted by Crippen LogP contribution is -2.46. The normalized spacial score (nSPS) is 15.1. The minimum absolute atomic E-state index is 0.195. The van der Waals surface area contributed by atoms with Gasteiger partial charge in [0, 0.05) is 46.4 Å². The number of carbonyl (C=O) groups is 1. The van der Waals surface area contributed by atoms with Crippen molar-refractivity contribution in [3.63, 3.8) is 0 Å². The maximum absolute atomic E-state index is 13.9. The van der Waals surface area contributed by atoms with Crippen LogP contribution in [0, 0.1) is 5.82 Å². The van der Waals surface area contributed by atoms with Gasteiger partial charge in [-0.25, -0.2) is 9.37 Å². The maximum Gasteiger partial charge on any atom is 0.273 e. The van der Waals surface area contributed by atoms with Gasteiger partial charge in [0.25, 0.3) is 5.91 Å². The highest BCUT2D eigenvalue weighted by Gasteiger charge is 2.21. The molecule has 1 aromatic carbocycles. The van der Waals surface area contributed by atoms with Crippen LogP contribution in [-0.2, 0) is 11.3 Å². The van der Waals surface area contributed by atoms with Crippen molar-refractivity contribution < 1.29 is 18.3 Å². The van der Waals surface area contributed by atoms with Crippen molar-refractivity contribution >= 4 is 11.6 Å². The van der Waals surface area contributed by atoms with Gasteiger partial charge in [0.15, 0.2) is 5.69 Å². The van der Waals surface area contributed by atoms with E-state index in [4.69, 9.17) is 9.15 Å². The average molecular weight is 376 g/mol. The van der Waals surface area contributed by atoms with E-state index in [1.54, 1.807) is 19.2 Å². The molecule has 0 radical (unpaired) electrons. The summed E-state index contributed by atoms with van der Waals surface area (Å²) in [6.45, 7) is 4.67. The first-order valence-corrected chi connectivity index (χ1v) is 9.10. The molecule has 0 bridgehead atoms. The number of oxazole rings is 1. The summed E-state index contributed by atoms with van der Waals surface area (Å²) in [5, 5.41) is 2.78. The van der Waals surface area contributed by atoms with Crippen LogP contribution in [0.2, 0.25) is 0 Å². The Morgan fingerprint density at radius 1 is 1.30 bits per heavy atom. The Labute approximate surface area is 158 Å². The molecule has 0 atom stereocenters. The molecule has 7 nitrogen and oxygen atoms in total. The minimum atomic E-state index is -0.245. The lowest BCUT2D eigenvalue weighted by Gasteiger charge is -2.35. The number of anilines is 1. The molecule has 2 aromatic rings. The fraction of sp³-hybridized carbons (Fsp3) is 0.474. The first-order valence-electron chi connectivity index (χ1n) is 9.10. The number of rotatable bonds is 8. The molecule has 146 valence electrons. The minimum Gasteiger partial charge on any atom is -0.447 e. The molecule has 0 aliphatic carbocycles. The Hall–Kier alpha value is -2.45. The number of methoxy groups -OCH3 is 1. The molecular weight excluding hydrogens is 351 g/mol. The summed E-state index contributed by atoms with van der Waals surface area (Å²) in [4.78, 5) is 20.5. The predicted molar refractivity (Wildman–Crippen MR) is 99.2 cm³/mol. The predicted octanol–water partition coefficient (Wildman–Crippen LogP) is 1.90.